The highest BCUT2D eigenvalue weighted by atomic mass is 16.5. The number of nitrogens with one attached hydrogen (secondary N) is 1. The fraction of sp³-hybridized carbons (Fsp3) is 0.529. The highest BCUT2D eigenvalue weighted by Gasteiger charge is 2.20. The second-order valence-electron chi connectivity index (χ2n) is 5.72. The van der Waals surface area contributed by atoms with Crippen LogP contribution in [0.4, 0.5) is 0 Å². The van der Waals surface area contributed by atoms with Crippen LogP contribution < -0.4 is 14.8 Å². The van der Waals surface area contributed by atoms with Gasteiger partial charge >= 0.3 is 5.97 Å². The second-order valence-corrected chi connectivity index (χ2v) is 5.72. The average molecular weight is 323 g/mol. The van der Waals surface area contributed by atoms with Crippen LogP contribution in [0, 0.1) is 5.92 Å². The lowest BCUT2D eigenvalue weighted by atomic mass is 10.0. The van der Waals surface area contributed by atoms with Crippen molar-refractivity contribution < 1.29 is 24.2 Å². The standard InChI is InChI=1S/C17H25NO5/c1-12(2)11-15(17(20)21)18-16(19)5-4-10-23-14-8-6-13(22-3)7-9-14/h6-9,12,15H,4-5,10-11H2,1-3H3,(H,18,19)(H,20,21)/t15-/m1/s1. The van der Waals surface area contributed by atoms with Crippen LogP contribution in [0.25, 0.3) is 0 Å². The number of carbonyl (C=O) groups excluding carboxylic acids is 1. The van der Waals surface area contributed by atoms with Crippen molar-refractivity contribution in [1.82, 2.24) is 5.32 Å². The van der Waals surface area contributed by atoms with E-state index in [1.54, 1.807) is 31.4 Å². The van der Waals surface area contributed by atoms with Gasteiger partial charge < -0.3 is 19.9 Å². The van der Waals surface area contributed by atoms with Crippen molar-refractivity contribution >= 4 is 11.9 Å². The topological polar surface area (TPSA) is 84.9 Å². The van der Waals surface area contributed by atoms with Crippen LogP contribution in [-0.4, -0.2) is 36.7 Å². The van der Waals surface area contributed by atoms with Gasteiger partial charge in [0.05, 0.1) is 13.7 Å². The summed E-state index contributed by atoms with van der Waals surface area (Å²) < 4.78 is 10.6. The van der Waals surface area contributed by atoms with Crippen molar-refractivity contribution in [3.05, 3.63) is 24.3 Å². The number of rotatable bonds is 10. The third kappa shape index (κ3) is 7.54. The minimum absolute atomic E-state index is 0.204. The molecule has 1 amide bonds. The van der Waals surface area contributed by atoms with Gasteiger partial charge in [0.1, 0.15) is 17.5 Å². The zero-order chi connectivity index (χ0) is 17.2. The van der Waals surface area contributed by atoms with Crippen LogP contribution in [-0.2, 0) is 9.59 Å². The van der Waals surface area contributed by atoms with Crippen molar-refractivity contribution in [3.8, 4) is 11.5 Å². The molecule has 0 saturated carbocycles. The summed E-state index contributed by atoms with van der Waals surface area (Å²) in [5.74, 6) is 0.392. The summed E-state index contributed by atoms with van der Waals surface area (Å²) in [6, 6.07) is 6.35. The summed E-state index contributed by atoms with van der Waals surface area (Å²) in [4.78, 5) is 22.9. The van der Waals surface area contributed by atoms with E-state index in [1.165, 1.54) is 0 Å². The van der Waals surface area contributed by atoms with Crippen molar-refractivity contribution in [2.24, 2.45) is 5.92 Å². The molecular weight excluding hydrogens is 298 g/mol. The first-order valence-electron chi connectivity index (χ1n) is 7.71. The minimum atomic E-state index is -0.999. The van der Waals surface area contributed by atoms with E-state index >= 15 is 0 Å². The van der Waals surface area contributed by atoms with E-state index in [0.717, 1.165) is 5.75 Å². The number of carbonyl (C=O) groups is 2. The number of aliphatic carboxylic acids is 1. The van der Waals surface area contributed by atoms with E-state index in [2.05, 4.69) is 5.32 Å². The summed E-state index contributed by atoms with van der Waals surface area (Å²) in [7, 11) is 1.60. The number of amides is 1. The molecule has 0 spiro atoms. The summed E-state index contributed by atoms with van der Waals surface area (Å²) in [5.41, 5.74) is 0. The summed E-state index contributed by atoms with van der Waals surface area (Å²) in [5, 5.41) is 11.6. The molecule has 1 rings (SSSR count). The van der Waals surface area contributed by atoms with Gasteiger partial charge in [-0.25, -0.2) is 4.79 Å². The monoisotopic (exact) mass is 323 g/mol. The Balaban J connectivity index is 2.28. The molecule has 0 aliphatic rings. The average Bonchev–Trinajstić information content (AvgIpc) is 2.51. The van der Waals surface area contributed by atoms with Gasteiger partial charge in [-0.2, -0.15) is 0 Å². The van der Waals surface area contributed by atoms with Crippen molar-refractivity contribution in [2.75, 3.05) is 13.7 Å². The zero-order valence-corrected chi connectivity index (χ0v) is 13.9. The van der Waals surface area contributed by atoms with Gasteiger partial charge in [0.2, 0.25) is 5.91 Å². The molecule has 6 heteroatoms. The predicted octanol–water partition coefficient (Wildman–Crippen LogP) is 2.47. The van der Waals surface area contributed by atoms with Gasteiger partial charge in [-0.05, 0) is 43.0 Å². The first-order chi connectivity index (χ1) is 10.9. The Morgan fingerprint density at radius 2 is 1.78 bits per heavy atom. The number of carboxylic acid groups (broad SMARTS) is 1. The Morgan fingerprint density at radius 1 is 1.17 bits per heavy atom. The highest BCUT2D eigenvalue weighted by molar-refractivity contribution is 5.83. The van der Waals surface area contributed by atoms with Gasteiger partial charge in [-0.3, -0.25) is 4.79 Å². The van der Waals surface area contributed by atoms with Crippen LogP contribution >= 0.6 is 0 Å². The molecule has 23 heavy (non-hydrogen) atoms. The lowest BCUT2D eigenvalue weighted by molar-refractivity contribution is -0.142. The van der Waals surface area contributed by atoms with E-state index in [0.29, 0.717) is 25.2 Å². The number of hydrogen-bond donors (Lipinski definition) is 2. The van der Waals surface area contributed by atoms with Gasteiger partial charge in [-0.15, -0.1) is 0 Å². The third-order valence-corrected chi connectivity index (χ3v) is 3.22. The maximum Gasteiger partial charge on any atom is 0.326 e. The number of benzene rings is 1. The molecule has 0 unspecified atom stereocenters. The quantitative estimate of drug-likeness (QED) is 0.646. The molecule has 6 nitrogen and oxygen atoms in total. The molecule has 0 fully saturated rings. The fourth-order valence-electron chi connectivity index (χ4n) is 2.05. The van der Waals surface area contributed by atoms with E-state index in [9.17, 15) is 9.59 Å². The molecule has 0 aromatic heterocycles. The molecule has 1 aromatic rings. The maximum atomic E-state index is 11.8. The van der Waals surface area contributed by atoms with Crippen LogP contribution in [0.15, 0.2) is 24.3 Å². The number of ether oxygens (including phenoxy) is 2. The maximum absolute atomic E-state index is 11.8. The Hall–Kier alpha value is -2.24. The van der Waals surface area contributed by atoms with Crippen molar-refractivity contribution in [1.29, 1.82) is 0 Å². The van der Waals surface area contributed by atoms with Gasteiger partial charge in [0.15, 0.2) is 0 Å². The molecule has 0 bridgehead atoms. The largest absolute Gasteiger partial charge is 0.497 e. The number of methoxy groups -OCH3 is 1. The molecule has 0 heterocycles. The molecule has 0 radical (unpaired) electrons. The summed E-state index contributed by atoms with van der Waals surface area (Å²) in [6.45, 7) is 4.23. The molecule has 0 aliphatic carbocycles. The third-order valence-electron chi connectivity index (χ3n) is 3.22. The first kappa shape index (κ1) is 18.8. The normalized spacial score (nSPS) is 11.8. The molecule has 128 valence electrons. The van der Waals surface area contributed by atoms with E-state index in [-0.39, 0.29) is 18.2 Å². The zero-order valence-electron chi connectivity index (χ0n) is 13.9. The van der Waals surface area contributed by atoms with Crippen LogP contribution in [0.5, 0.6) is 11.5 Å². The van der Waals surface area contributed by atoms with Crippen LogP contribution in [0.2, 0.25) is 0 Å². The SMILES string of the molecule is COc1ccc(OCCCC(=O)N[C@H](CC(C)C)C(=O)O)cc1. The lowest BCUT2D eigenvalue weighted by Crippen LogP contribution is -2.41. The lowest BCUT2D eigenvalue weighted by Gasteiger charge is -2.16. The van der Waals surface area contributed by atoms with Gasteiger partial charge in [0.25, 0.3) is 0 Å². The fourth-order valence-corrected chi connectivity index (χ4v) is 2.05. The van der Waals surface area contributed by atoms with Crippen LogP contribution in [0.1, 0.15) is 33.1 Å². The minimum Gasteiger partial charge on any atom is -0.497 e. The molecule has 0 aliphatic heterocycles. The Bertz CT molecular complexity index is 498. The highest BCUT2D eigenvalue weighted by Crippen LogP contribution is 2.17. The Labute approximate surface area is 136 Å². The molecular formula is C17H25NO5. The number of hydrogen-bond acceptors (Lipinski definition) is 4. The van der Waals surface area contributed by atoms with E-state index in [4.69, 9.17) is 14.6 Å². The predicted molar refractivity (Wildman–Crippen MR) is 86.7 cm³/mol. The molecule has 1 aromatic carbocycles. The van der Waals surface area contributed by atoms with Crippen molar-refractivity contribution in [3.63, 3.8) is 0 Å². The molecule has 0 saturated heterocycles. The smallest absolute Gasteiger partial charge is 0.326 e. The van der Waals surface area contributed by atoms with Crippen molar-refractivity contribution in [2.45, 2.75) is 39.2 Å². The molecule has 1 atom stereocenters. The molecule has 2 N–H and O–H groups in total. The first-order valence-corrected chi connectivity index (χ1v) is 7.71. The number of carboxylic acids is 1. The van der Waals surface area contributed by atoms with Gasteiger partial charge in [-0.1, -0.05) is 13.8 Å². The summed E-state index contributed by atoms with van der Waals surface area (Å²) in [6.07, 6.45) is 1.17. The van der Waals surface area contributed by atoms with Gasteiger partial charge in [0, 0.05) is 6.42 Å². The van der Waals surface area contributed by atoms with E-state index < -0.39 is 12.0 Å². The summed E-state index contributed by atoms with van der Waals surface area (Å²) >= 11 is 0. The van der Waals surface area contributed by atoms with Crippen LogP contribution in [0.3, 0.4) is 0 Å². The Kier molecular flexibility index (Phi) is 7.94. The van der Waals surface area contributed by atoms with E-state index in [1.807, 2.05) is 13.8 Å². The Morgan fingerprint density at radius 3 is 2.30 bits per heavy atom. The second kappa shape index (κ2) is 9.71.